The molecule has 0 atom stereocenters. The topological polar surface area (TPSA) is 121 Å². The predicted octanol–water partition coefficient (Wildman–Crippen LogP) is 5.07. The first-order valence-electron chi connectivity index (χ1n) is 18.4. The molecule has 7 rings (SSSR count). The summed E-state index contributed by atoms with van der Waals surface area (Å²) in [6.07, 6.45) is 5.62. The summed E-state index contributed by atoms with van der Waals surface area (Å²) in [7, 11) is 3.50. The molecule has 1 aliphatic carbocycles. The number of anilines is 1. The van der Waals surface area contributed by atoms with Crippen LogP contribution >= 0.6 is 0 Å². The van der Waals surface area contributed by atoms with E-state index in [1.807, 2.05) is 54.2 Å². The Labute approximate surface area is 308 Å². The lowest BCUT2D eigenvalue weighted by Gasteiger charge is -2.53. The number of aromatic nitrogens is 4. The van der Waals surface area contributed by atoms with E-state index >= 15 is 0 Å². The van der Waals surface area contributed by atoms with E-state index < -0.39 is 6.43 Å². The van der Waals surface area contributed by atoms with E-state index in [-0.39, 0.29) is 35.8 Å². The van der Waals surface area contributed by atoms with E-state index in [4.69, 9.17) is 0 Å². The standard InChI is InChI=1S/C39H47F2N9O3/c1-26-32(22-44-50(26)31-13-17-47(18-14-31)25-34(40)41)36(51)45-30-11-7-27(8-12-30)21-43-37(52)35-42-23-33-39(15-4-16-39)48(19-20-49(33)35)24-28-5-9-29(10-6-28)38(53)46(2)3/h5-12,22-23,31,34H,4,13-21,24-25H2,1-3H3,(H,43,52)(H,45,51). The van der Waals surface area contributed by atoms with Crippen LogP contribution in [-0.2, 0) is 25.2 Å². The first-order valence-corrected chi connectivity index (χ1v) is 18.4. The molecule has 14 heteroatoms. The van der Waals surface area contributed by atoms with Gasteiger partial charge in [0.25, 0.3) is 24.1 Å². The molecule has 0 bridgehead atoms. The number of likely N-dealkylation sites (tertiary alicyclic amines) is 1. The summed E-state index contributed by atoms with van der Waals surface area (Å²) in [5, 5.41) is 10.4. The number of carbonyl (C=O) groups excluding carboxylic acids is 3. The van der Waals surface area contributed by atoms with Crippen LogP contribution < -0.4 is 10.6 Å². The highest BCUT2D eigenvalue weighted by molar-refractivity contribution is 6.04. The molecule has 2 fully saturated rings. The van der Waals surface area contributed by atoms with Gasteiger partial charge in [0.05, 0.1) is 41.8 Å². The minimum atomic E-state index is -2.34. The molecule has 280 valence electrons. The zero-order valence-corrected chi connectivity index (χ0v) is 30.5. The van der Waals surface area contributed by atoms with Crippen LogP contribution in [0.3, 0.4) is 0 Å². The van der Waals surface area contributed by atoms with Gasteiger partial charge >= 0.3 is 0 Å². The van der Waals surface area contributed by atoms with Gasteiger partial charge in [-0.05, 0) is 74.4 Å². The second-order valence-corrected chi connectivity index (χ2v) is 14.7. The minimum Gasteiger partial charge on any atom is -0.345 e. The highest BCUT2D eigenvalue weighted by Gasteiger charge is 2.49. The molecular weight excluding hydrogens is 680 g/mol. The quantitative estimate of drug-likeness (QED) is 0.222. The number of amides is 3. The number of nitrogens with one attached hydrogen (secondary N) is 2. The average Bonchev–Trinajstić information content (AvgIpc) is 3.74. The van der Waals surface area contributed by atoms with E-state index in [0.717, 1.165) is 54.9 Å². The molecule has 0 radical (unpaired) electrons. The summed E-state index contributed by atoms with van der Waals surface area (Å²) >= 11 is 0. The molecule has 53 heavy (non-hydrogen) atoms. The Morgan fingerprint density at radius 1 is 0.925 bits per heavy atom. The lowest BCUT2D eigenvalue weighted by Crippen LogP contribution is -2.56. The van der Waals surface area contributed by atoms with Crippen molar-refractivity contribution in [3.05, 3.63) is 100 Å². The van der Waals surface area contributed by atoms with Crippen LogP contribution in [0.4, 0.5) is 14.5 Å². The Bertz CT molecular complexity index is 1940. The van der Waals surface area contributed by atoms with Crippen LogP contribution in [0.2, 0.25) is 0 Å². The molecule has 1 saturated heterocycles. The Hall–Kier alpha value is -4.95. The maximum atomic E-state index is 13.4. The van der Waals surface area contributed by atoms with Crippen LogP contribution in [0.5, 0.6) is 0 Å². The van der Waals surface area contributed by atoms with Gasteiger partial charge in [0.2, 0.25) is 0 Å². The highest BCUT2D eigenvalue weighted by atomic mass is 19.3. The number of fused-ring (bicyclic) bond motifs is 2. The molecule has 1 saturated carbocycles. The van der Waals surface area contributed by atoms with Crippen molar-refractivity contribution in [1.29, 1.82) is 0 Å². The Balaban J connectivity index is 0.929. The van der Waals surface area contributed by atoms with Gasteiger partial charge in [0.15, 0.2) is 5.82 Å². The van der Waals surface area contributed by atoms with Crippen molar-refractivity contribution < 1.29 is 23.2 Å². The molecule has 4 heterocycles. The van der Waals surface area contributed by atoms with Gasteiger partial charge in [-0.15, -0.1) is 0 Å². The monoisotopic (exact) mass is 727 g/mol. The number of alkyl halides is 2. The van der Waals surface area contributed by atoms with E-state index in [1.165, 1.54) is 0 Å². The molecule has 3 amide bonds. The maximum absolute atomic E-state index is 13.4. The molecule has 4 aromatic rings. The van der Waals surface area contributed by atoms with Crippen molar-refractivity contribution in [3.8, 4) is 0 Å². The molecule has 12 nitrogen and oxygen atoms in total. The molecule has 2 aliphatic heterocycles. The summed E-state index contributed by atoms with van der Waals surface area (Å²) in [6, 6.07) is 15.2. The fourth-order valence-electron chi connectivity index (χ4n) is 8.02. The summed E-state index contributed by atoms with van der Waals surface area (Å²) in [5.74, 6) is -0.105. The number of rotatable bonds is 11. The van der Waals surface area contributed by atoms with E-state index in [1.54, 1.807) is 42.2 Å². The van der Waals surface area contributed by atoms with Crippen LogP contribution in [0.25, 0.3) is 0 Å². The molecule has 2 aromatic heterocycles. The average molecular weight is 728 g/mol. The van der Waals surface area contributed by atoms with Gasteiger partial charge in [-0.3, -0.25) is 28.9 Å². The third kappa shape index (κ3) is 7.47. The van der Waals surface area contributed by atoms with Gasteiger partial charge in [-0.1, -0.05) is 24.3 Å². The van der Waals surface area contributed by atoms with E-state index in [9.17, 15) is 23.2 Å². The van der Waals surface area contributed by atoms with Gasteiger partial charge in [0.1, 0.15) is 0 Å². The summed E-state index contributed by atoms with van der Waals surface area (Å²) < 4.78 is 29.4. The number of carbonyl (C=O) groups is 3. The summed E-state index contributed by atoms with van der Waals surface area (Å²) in [6.45, 7) is 5.31. The number of hydrogen-bond acceptors (Lipinski definition) is 7. The highest BCUT2D eigenvalue weighted by Crippen LogP contribution is 2.49. The van der Waals surface area contributed by atoms with Crippen LogP contribution in [0, 0.1) is 6.92 Å². The summed E-state index contributed by atoms with van der Waals surface area (Å²) in [5.41, 5.74) is 5.45. The minimum absolute atomic E-state index is 0.0145. The van der Waals surface area contributed by atoms with E-state index in [0.29, 0.717) is 61.7 Å². The Kier molecular flexibility index (Phi) is 10.4. The Morgan fingerprint density at radius 2 is 1.62 bits per heavy atom. The first-order chi connectivity index (χ1) is 25.5. The van der Waals surface area contributed by atoms with Crippen molar-refractivity contribution in [2.75, 3.05) is 45.6 Å². The van der Waals surface area contributed by atoms with Crippen molar-refractivity contribution >= 4 is 23.4 Å². The third-order valence-corrected chi connectivity index (χ3v) is 11.1. The van der Waals surface area contributed by atoms with Crippen LogP contribution in [0.1, 0.15) is 92.0 Å². The van der Waals surface area contributed by atoms with Gasteiger partial charge in [0, 0.05) is 70.3 Å². The van der Waals surface area contributed by atoms with Crippen molar-refractivity contribution in [2.24, 2.45) is 0 Å². The lowest BCUT2D eigenvalue weighted by atomic mass is 9.72. The van der Waals surface area contributed by atoms with Crippen LogP contribution in [-0.4, -0.2) is 98.5 Å². The van der Waals surface area contributed by atoms with Gasteiger partial charge in [-0.2, -0.15) is 5.10 Å². The zero-order valence-electron chi connectivity index (χ0n) is 30.5. The lowest BCUT2D eigenvalue weighted by molar-refractivity contribution is -0.0217. The van der Waals surface area contributed by atoms with Crippen molar-refractivity contribution in [3.63, 3.8) is 0 Å². The number of nitrogens with zero attached hydrogens (tertiary/aromatic N) is 7. The maximum Gasteiger partial charge on any atom is 0.287 e. The van der Waals surface area contributed by atoms with Gasteiger partial charge in [-0.25, -0.2) is 13.8 Å². The number of imidazole rings is 1. The smallest absolute Gasteiger partial charge is 0.287 e. The molecule has 2 N–H and O–H groups in total. The SMILES string of the molecule is Cc1c(C(=O)Nc2ccc(CNC(=O)c3ncc4n3CCN(Cc3ccc(C(=O)N(C)C)cc3)C43CCC3)cc2)cnn1C1CCN(CC(F)F)CC1. The molecular formula is C39H47F2N9O3. The Morgan fingerprint density at radius 3 is 2.26 bits per heavy atom. The fourth-order valence-corrected chi connectivity index (χ4v) is 8.02. The normalized spacial score (nSPS) is 17.4. The van der Waals surface area contributed by atoms with E-state index in [2.05, 4.69) is 30.2 Å². The first kappa shape index (κ1) is 36.4. The van der Waals surface area contributed by atoms with Crippen LogP contribution in [0.15, 0.2) is 60.9 Å². The number of benzene rings is 2. The number of hydrogen-bond donors (Lipinski definition) is 2. The molecule has 3 aliphatic rings. The molecule has 0 unspecified atom stereocenters. The second-order valence-electron chi connectivity index (χ2n) is 14.7. The number of halogens is 2. The summed E-state index contributed by atoms with van der Waals surface area (Å²) in [4.78, 5) is 49.4. The van der Waals surface area contributed by atoms with Crippen molar-refractivity contribution in [1.82, 2.24) is 39.3 Å². The van der Waals surface area contributed by atoms with Crippen molar-refractivity contribution in [2.45, 2.75) is 76.7 Å². The molecule has 1 spiro atoms. The predicted molar refractivity (Wildman–Crippen MR) is 196 cm³/mol. The van der Waals surface area contributed by atoms with Gasteiger partial charge < -0.3 is 20.1 Å². The fraction of sp³-hybridized carbons (Fsp3) is 0.462. The number of piperidine rings is 1. The zero-order chi connectivity index (χ0) is 37.3. The second kappa shape index (κ2) is 15.2. The largest absolute Gasteiger partial charge is 0.345 e. The third-order valence-electron chi connectivity index (χ3n) is 11.1. The molecule has 2 aromatic carbocycles.